The maximum absolute atomic E-state index is 11.8. The number of aliphatic carboxylic acids is 1. The fourth-order valence-electron chi connectivity index (χ4n) is 1.40. The normalized spacial score (nSPS) is 11.3. The molecule has 0 aliphatic heterocycles. The summed E-state index contributed by atoms with van der Waals surface area (Å²) in [6.45, 7) is 3.06. The van der Waals surface area contributed by atoms with Crippen molar-refractivity contribution in [3.8, 4) is 0 Å². The summed E-state index contributed by atoms with van der Waals surface area (Å²) in [5.41, 5.74) is 7.08. The third kappa shape index (κ3) is 4.46. The molecule has 0 saturated heterocycles. The van der Waals surface area contributed by atoms with Crippen LogP contribution in [0.4, 0.5) is 5.69 Å². The van der Waals surface area contributed by atoms with Gasteiger partial charge in [-0.1, -0.05) is 17.7 Å². The minimum atomic E-state index is -1.07. The van der Waals surface area contributed by atoms with Gasteiger partial charge in [-0.2, -0.15) is 0 Å². The summed E-state index contributed by atoms with van der Waals surface area (Å²) in [6, 6.07) is 6.32. The van der Waals surface area contributed by atoms with Crippen LogP contribution >= 0.6 is 17.0 Å². The maximum Gasteiger partial charge on any atom is 0.323 e. The van der Waals surface area contributed by atoms with Crippen LogP contribution in [0.5, 0.6) is 0 Å². The second-order valence-electron chi connectivity index (χ2n) is 3.94. The van der Waals surface area contributed by atoms with Crippen LogP contribution in [-0.2, 0) is 9.59 Å². The van der Waals surface area contributed by atoms with Crippen molar-refractivity contribution in [2.24, 2.45) is 5.73 Å². The molecule has 3 N–H and O–H groups in total. The monoisotopic (exact) mass is 316 g/mol. The molecule has 1 aromatic rings. The van der Waals surface area contributed by atoms with Gasteiger partial charge in [0.25, 0.3) is 0 Å². The molecule has 0 bridgehead atoms. The van der Waals surface area contributed by atoms with E-state index in [2.05, 4.69) is 0 Å². The van der Waals surface area contributed by atoms with E-state index in [-0.39, 0.29) is 23.5 Å². The predicted octanol–water partition coefficient (Wildman–Crippen LogP) is 1.34. The number of carbonyl (C=O) groups excluding carboxylic acids is 1. The van der Waals surface area contributed by atoms with Crippen molar-refractivity contribution < 1.29 is 14.7 Å². The maximum atomic E-state index is 11.8. The number of hydrogen-bond acceptors (Lipinski definition) is 3. The lowest BCUT2D eigenvalue weighted by atomic mass is 10.2. The molecule has 0 unspecified atom stereocenters. The Labute approximate surface area is 116 Å². The van der Waals surface area contributed by atoms with Gasteiger partial charge >= 0.3 is 5.97 Å². The highest BCUT2D eigenvalue weighted by molar-refractivity contribution is 8.93. The van der Waals surface area contributed by atoms with E-state index in [1.807, 2.05) is 19.1 Å². The Balaban J connectivity index is 0.00000289. The van der Waals surface area contributed by atoms with Crippen molar-refractivity contribution in [1.82, 2.24) is 0 Å². The smallest absolute Gasteiger partial charge is 0.323 e. The summed E-state index contributed by atoms with van der Waals surface area (Å²) in [5, 5.41) is 8.80. The number of anilines is 1. The minimum Gasteiger partial charge on any atom is -0.480 e. The number of carbonyl (C=O) groups is 2. The average Bonchev–Trinajstić information content (AvgIpc) is 2.26. The molecule has 1 amide bonds. The largest absolute Gasteiger partial charge is 0.480 e. The topological polar surface area (TPSA) is 83.6 Å². The van der Waals surface area contributed by atoms with Crippen LogP contribution in [0.1, 0.15) is 12.5 Å². The number of aryl methyl sites for hydroxylation is 1. The van der Waals surface area contributed by atoms with Gasteiger partial charge in [0, 0.05) is 5.69 Å². The van der Waals surface area contributed by atoms with E-state index >= 15 is 0 Å². The SMILES string of the molecule is Br.Cc1ccc(N(CC(=O)O)C(=O)[C@H](C)N)cc1. The van der Waals surface area contributed by atoms with Crippen LogP contribution in [0, 0.1) is 6.92 Å². The van der Waals surface area contributed by atoms with E-state index in [0.29, 0.717) is 5.69 Å². The first-order valence-corrected chi connectivity index (χ1v) is 5.27. The lowest BCUT2D eigenvalue weighted by Gasteiger charge is -2.22. The van der Waals surface area contributed by atoms with Gasteiger partial charge in [-0.15, -0.1) is 17.0 Å². The molecule has 0 heterocycles. The van der Waals surface area contributed by atoms with Gasteiger partial charge in [0.2, 0.25) is 5.91 Å². The van der Waals surface area contributed by atoms with Crippen LogP contribution < -0.4 is 10.6 Å². The molecule has 0 fully saturated rings. The molecule has 0 saturated carbocycles. The zero-order valence-electron chi connectivity index (χ0n) is 10.3. The van der Waals surface area contributed by atoms with Gasteiger partial charge in [0.05, 0.1) is 6.04 Å². The Morgan fingerprint density at radius 1 is 1.33 bits per heavy atom. The van der Waals surface area contributed by atoms with Gasteiger partial charge in [0.15, 0.2) is 0 Å². The average molecular weight is 317 g/mol. The summed E-state index contributed by atoms with van der Waals surface area (Å²) in [5.74, 6) is -1.48. The molecule has 1 rings (SSSR count). The third-order valence-corrected chi connectivity index (χ3v) is 2.29. The quantitative estimate of drug-likeness (QED) is 0.878. The van der Waals surface area contributed by atoms with Gasteiger partial charge in [-0.25, -0.2) is 0 Å². The highest BCUT2D eigenvalue weighted by atomic mass is 79.9. The van der Waals surface area contributed by atoms with Gasteiger partial charge < -0.3 is 10.8 Å². The van der Waals surface area contributed by atoms with E-state index in [1.165, 1.54) is 11.8 Å². The number of nitrogens with two attached hydrogens (primary N) is 1. The number of rotatable bonds is 4. The molecular weight excluding hydrogens is 300 g/mol. The van der Waals surface area contributed by atoms with Crippen LogP contribution in [-0.4, -0.2) is 29.6 Å². The van der Waals surface area contributed by atoms with E-state index in [0.717, 1.165) is 5.56 Å². The van der Waals surface area contributed by atoms with Crippen molar-refractivity contribution in [1.29, 1.82) is 0 Å². The van der Waals surface area contributed by atoms with Gasteiger partial charge in [-0.3, -0.25) is 14.5 Å². The van der Waals surface area contributed by atoms with E-state index < -0.39 is 17.9 Å². The number of hydrogen-bond donors (Lipinski definition) is 2. The Kier molecular flexibility index (Phi) is 6.57. The van der Waals surface area contributed by atoms with Crippen molar-refractivity contribution in [3.05, 3.63) is 29.8 Å². The number of amides is 1. The van der Waals surface area contributed by atoms with Crippen LogP contribution in [0.2, 0.25) is 0 Å². The molecule has 5 nitrogen and oxygen atoms in total. The zero-order chi connectivity index (χ0) is 13.0. The molecule has 18 heavy (non-hydrogen) atoms. The minimum absolute atomic E-state index is 0. The summed E-state index contributed by atoms with van der Waals surface area (Å²) >= 11 is 0. The number of halogens is 1. The van der Waals surface area contributed by atoms with E-state index in [1.54, 1.807) is 12.1 Å². The standard InChI is InChI=1S/C12H16N2O3.BrH/c1-8-3-5-10(6-4-8)14(7-11(15)16)12(17)9(2)13;/h3-6,9H,7,13H2,1-2H3,(H,15,16);1H/t9-;/m0./s1. The zero-order valence-corrected chi connectivity index (χ0v) is 12.0. The fraction of sp³-hybridized carbons (Fsp3) is 0.333. The number of nitrogens with zero attached hydrogens (tertiary/aromatic N) is 1. The summed E-state index contributed by atoms with van der Waals surface area (Å²) in [4.78, 5) is 23.7. The lowest BCUT2D eigenvalue weighted by Crippen LogP contribution is -2.44. The van der Waals surface area contributed by atoms with Crippen molar-refractivity contribution in [3.63, 3.8) is 0 Å². The lowest BCUT2D eigenvalue weighted by molar-refractivity contribution is -0.136. The van der Waals surface area contributed by atoms with Gasteiger partial charge in [0.1, 0.15) is 6.54 Å². The van der Waals surface area contributed by atoms with Crippen LogP contribution in [0.25, 0.3) is 0 Å². The molecule has 0 aliphatic carbocycles. The Morgan fingerprint density at radius 2 is 1.83 bits per heavy atom. The molecule has 1 aromatic carbocycles. The second kappa shape index (κ2) is 7.13. The fourth-order valence-corrected chi connectivity index (χ4v) is 1.40. The first kappa shape index (κ1) is 16.6. The molecule has 1 atom stereocenters. The first-order chi connectivity index (χ1) is 7.91. The Bertz CT molecular complexity index is 418. The predicted molar refractivity (Wildman–Crippen MR) is 75.1 cm³/mol. The molecule has 0 aromatic heterocycles. The van der Waals surface area contributed by atoms with Crippen LogP contribution in [0.15, 0.2) is 24.3 Å². The summed E-state index contributed by atoms with van der Waals surface area (Å²) in [7, 11) is 0. The second-order valence-corrected chi connectivity index (χ2v) is 3.94. The van der Waals surface area contributed by atoms with Crippen molar-refractivity contribution >= 4 is 34.5 Å². The van der Waals surface area contributed by atoms with Crippen molar-refractivity contribution in [2.45, 2.75) is 19.9 Å². The summed E-state index contributed by atoms with van der Waals surface area (Å²) < 4.78 is 0. The highest BCUT2D eigenvalue weighted by Crippen LogP contribution is 2.15. The van der Waals surface area contributed by atoms with E-state index in [4.69, 9.17) is 10.8 Å². The molecule has 6 heteroatoms. The van der Waals surface area contributed by atoms with E-state index in [9.17, 15) is 9.59 Å². The molecule has 0 radical (unpaired) electrons. The molecule has 100 valence electrons. The molecular formula is C12H17BrN2O3. The number of carboxylic acid groups (broad SMARTS) is 1. The van der Waals surface area contributed by atoms with Crippen LogP contribution in [0.3, 0.4) is 0 Å². The number of carboxylic acids is 1. The third-order valence-electron chi connectivity index (χ3n) is 2.29. The van der Waals surface area contributed by atoms with Gasteiger partial charge in [-0.05, 0) is 26.0 Å². The Hall–Kier alpha value is -1.40. The van der Waals surface area contributed by atoms with Crippen molar-refractivity contribution in [2.75, 3.05) is 11.4 Å². The first-order valence-electron chi connectivity index (χ1n) is 5.27. The Morgan fingerprint density at radius 3 is 2.22 bits per heavy atom. The summed E-state index contributed by atoms with van der Waals surface area (Å²) in [6.07, 6.45) is 0. The molecule has 0 spiro atoms. The number of benzene rings is 1. The molecule has 0 aliphatic rings. The highest BCUT2D eigenvalue weighted by Gasteiger charge is 2.21.